The Labute approximate surface area is 115 Å². The Kier molecular flexibility index (Phi) is 9.14. The minimum Gasteiger partial charge on any atom is -0.312 e. The lowest BCUT2D eigenvalue weighted by Gasteiger charge is -2.46. The van der Waals surface area contributed by atoms with Crippen molar-refractivity contribution in [1.82, 2.24) is 10.2 Å². The van der Waals surface area contributed by atoms with Gasteiger partial charge in [0.15, 0.2) is 0 Å². The lowest BCUT2D eigenvalue weighted by molar-refractivity contribution is 0.0673. The summed E-state index contributed by atoms with van der Waals surface area (Å²) in [5.74, 6) is 2.79. The van der Waals surface area contributed by atoms with Crippen LogP contribution in [0.15, 0.2) is 0 Å². The molecule has 0 aliphatic heterocycles. The van der Waals surface area contributed by atoms with E-state index in [2.05, 4.69) is 50.8 Å². The molecule has 0 saturated carbocycles. The summed E-state index contributed by atoms with van der Waals surface area (Å²) in [5, 5.41) is 3.71. The van der Waals surface area contributed by atoms with Gasteiger partial charge in [-0.2, -0.15) is 0 Å². The van der Waals surface area contributed by atoms with Crippen LogP contribution in [0, 0.1) is 12.3 Å². The van der Waals surface area contributed by atoms with Gasteiger partial charge in [0, 0.05) is 18.0 Å². The molecule has 0 aromatic carbocycles. The van der Waals surface area contributed by atoms with Gasteiger partial charge < -0.3 is 5.32 Å². The minimum atomic E-state index is 0.204. The maximum atomic E-state index is 5.44. The van der Waals surface area contributed by atoms with Gasteiger partial charge in [0.1, 0.15) is 0 Å². The molecular weight excluding hydrogens is 220 g/mol. The molecule has 2 nitrogen and oxygen atoms in total. The Morgan fingerprint density at radius 3 is 2.22 bits per heavy atom. The molecule has 0 rings (SSSR count). The fourth-order valence-electron chi connectivity index (χ4n) is 2.82. The molecule has 2 unspecified atom stereocenters. The van der Waals surface area contributed by atoms with E-state index in [-0.39, 0.29) is 5.54 Å². The number of terminal acetylenes is 1. The minimum absolute atomic E-state index is 0.204. The predicted octanol–water partition coefficient (Wildman–Crippen LogP) is 3.28. The Morgan fingerprint density at radius 1 is 1.22 bits per heavy atom. The molecule has 0 spiro atoms. The summed E-state index contributed by atoms with van der Waals surface area (Å²) in [4.78, 5) is 2.57. The van der Waals surface area contributed by atoms with Gasteiger partial charge >= 0.3 is 0 Å². The fourth-order valence-corrected chi connectivity index (χ4v) is 2.82. The summed E-state index contributed by atoms with van der Waals surface area (Å²) in [5.41, 5.74) is 0.204. The molecule has 2 atom stereocenters. The van der Waals surface area contributed by atoms with Crippen LogP contribution >= 0.6 is 0 Å². The Hall–Kier alpha value is -0.520. The molecule has 2 heteroatoms. The smallest absolute Gasteiger partial charge is 0.0331 e. The van der Waals surface area contributed by atoms with E-state index in [1.807, 2.05) is 0 Å². The first-order valence-corrected chi connectivity index (χ1v) is 7.52. The van der Waals surface area contributed by atoms with Crippen LogP contribution in [0.25, 0.3) is 0 Å². The Balaban J connectivity index is 4.90. The molecular formula is C16H32N2. The van der Waals surface area contributed by atoms with Gasteiger partial charge in [0.25, 0.3) is 0 Å². The first-order chi connectivity index (χ1) is 8.60. The summed E-state index contributed by atoms with van der Waals surface area (Å²) in [7, 11) is 0. The van der Waals surface area contributed by atoms with Crippen molar-refractivity contribution in [3.63, 3.8) is 0 Å². The molecule has 1 N–H and O–H groups in total. The third-order valence-electron chi connectivity index (χ3n) is 4.17. The van der Waals surface area contributed by atoms with Crippen molar-refractivity contribution in [2.75, 3.05) is 19.6 Å². The molecule has 0 fully saturated rings. The molecule has 0 radical (unpaired) electrons. The van der Waals surface area contributed by atoms with Crippen molar-refractivity contribution in [2.24, 2.45) is 0 Å². The van der Waals surface area contributed by atoms with Crippen LogP contribution in [0.2, 0.25) is 0 Å². The summed E-state index contributed by atoms with van der Waals surface area (Å²) in [6.07, 6.45) is 9.69. The van der Waals surface area contributed by atoms with Gasteiger partial charge in [0.2, 0.25) is 0 Å². The average molecular weight is 252 g/mol. The molecule has 0 heterocycles. The number of rotatable bonds is 10. The molecule has 0 amide bonds. The second kappa shape index (κ2) is 9.42. The molecule has 106 valence electrons. The highest BCUT2D eigenvalue weighted by Crippen LogP contribution is 2.26. The second-order valence-electron chi connectivity index (χ2n) is 5.13. The van der Waals surface area contributed by atoms with Gasteiger partial charge in [-0.25, -0.2) is 0 Å². The van der Waals surface area contributed by atoms with Crippen LogP contribution in [0.3, 0.4) is 0 Å². The number of hydrogen-bond donors (Lipinski definition) is 1. The van der Waals surface area contributed by atoms with E-state index in [1.165, 1.54) is 6.42 Å². The zero-order valence-electron chi connectivity index (χ0n) is 13.1. The van der Waals surface area contributed by atoms with Crippen molar-refractivity contribution in [1.29, 1.82) is 0 Å². The fraction of sp³-hybridized carbons (Fsp3) is 0.875. The van der Waals surface area contributed by atoms with E-state index in [4.69, 9.17) is 6.42 Å². The molecule has 0 aromatic rings. The van der Waals surface area contributed by atoms with Gasteiger partial charge in [-0.15, -0.1) is 12.3 Å². The highest BCUT2D eigenvalue weighted by Gasteiger charge is 2.35. The number of nitrogens with zero attached hydrogens (tertiary/aromatic N) is 1. The molecule has 0 bridgehead atoms. The predicted molar refractivity (Wildman–Crippen MR) is 81.8 cm³/mol. The SMILES string of the molecule is C#CCCC(NCCC)C(C)(CC)N(CC)CC. The lowest BCUT2D eigenvalue weighted by atomic mass is 9.84. The van der Waals surface area contributed by atoms with Gasteiger partial charge in [-0.3, -0.25) is 4.90 Å². The number of nitrogens with one attached hydrogen (secondary N) is 1. The maximum Gasteiger partial charge on any atom is 0.0331 e. The topological polar surface area (TPSA) is 15.3 Å². The van der Waals surface area contributed by atoms with Crippen molar-refractivity contribution >= 4 is 0 Å². The summed E-state index contributed by atoms with van der Waals surface area (Å²) in [6.45, 7) is 14.6. The van der Waals surface area contributed by atoms with Crippen LogP contribution in [-0.2, 0) is 0 Å². The molecule has 0 aliphatic rings. The van der Waals surface area contributed by atoms with Gasteiger partial charge in [0.05, 0.1) is 0 Å². The largest absolute Gasteiger partial charge is 0.312 e. The van der Waals surface area contributed by atoms with E-state index in [9.17, 15) is 0 Å². The van der Waals surface area contributed by atoms with Gasteiger partial charge in [-0.05, 0) is 45.8 Å². The number of likely N-dealkylation sites (N-methyl/N-ethyl adjacent to an activating group) is 1. The summed E-state index contributed by atoms with van der Waals surface area (Å²) < 4.78 is 0. The highest BCUT2D eigenvalue weighted by molar-refractivity contribution is 4.98. The molecule has 18 heavy (non-hydrogen) atoms. The van der Waals surface area contributed by atoms with E-state index in [0.29, 0.717) is 6.04 Å². The van der Waals surface area contributed by atoms with E-state index < -0.39 is 0 Å². The third kappa shape index (κ3) is 4.63. The quantitative estimate of drug-likeness (QED) is 0.600. The molecule has 0 aliphatic carbocycles. The summed E-state index contributed by atoms with van der Waals surface area (Å²) >= 11 is 0. The van der Waals surface area contributed by atoms with Gasteiger partial charge in [-0.1, -0.05) is 27.7 Å². The van der Waals surface area contributed by atoms with E-state index in [1.54, 1.807) is 0 Å². The van der Waals surface area contributed by atoms with Crippen molar-refractivity contribution in [3.8, 4) is 12.3 Å². The Morgan fingerprint density at radius 2 is 1.83 bits per heavy atom. The van der Waals surface area contributed by atoms with Crippen molar-refractivity contribution in [3.05, 3.63) is 0 Å². The zero-order chi connectivity index (χ0) is 14.0. The van der Waals surface area contributed by atoms with Crippen molar-refractivity contribution in [2.45, 2.75) is 71.9 Å². The van der Waals surface area contributed by atoms with Crippen LogP contribution < -0.4 is 5.32 Å². The normalized spacial score (nSPS) is 16.3. The van der Waals surface area contributed by atoms with Crippen molar-refractivity contribution < 1.29 is 0 Å². The van der Waals surface area contributed by atoms with E-state index >= 15 is 0 Å². The third-order valence-corrected chi connectivity index (χ3v) is 4.17. The highest BCUT2D eigenvalue weighted by atomic mass is 15.2. The second-order valence-corrected chi connectivity index (χ2v) is 5.13. The standard InChI is InChI=1S/C16H32N2/c1-7-12-13-15(17-14-8-2)16(6,9-3)18(10-4)11-5/h1,15,17H,8-14H2,2-6H3. The summed E-state index contributed by atoms with van der Waals surface area (Å²) in [6, 6.07) is 0.485. The first kappa shape index (κ1) is 17.5. The molecule has 0 aromatic heterocycles. The van der Waals surface area contributed by atoms with Crippen LogP contribution in [0.1, 0.15) is 60.3 Å². The zero-order valence-corrected chi connectivity index (χ0v) is 13.1. The molecule has 0 saturated heterocycles. The average Bonchev–Trinajstić information content (AvgIpc) is 2.39. The van der Waals surface area contributed by atoms with Crippen LogP contribution in [-0.4, -0.2) is 36.1 Å². The van der Waals surface area contributed by atoms with Crippen LogP contribution in [0.4, 0.5) is 0 Å². The lowest BCUT2D eigenvalue weighted by Crippen LogP contribution is -2.59. The number of hydrogen-bond acceptors (Lipinski definition) is 2. The monoisotopic (exact) mass is 252 g/mol. The van der Waals surface area contributed by atoms with Crippen LogP contribution in [0.5, 0.6) is 0 Å². The first-order valence-electron chi connectivity index (χ1n) is 7.52. The Bertz CT molecular complexity index is 240. The maximum absolute atomic E-state index is 5.44. The van der Waals surface area contributed by atoms with E-state index in [0.717, 1.165) is 38.9 Å².